The number of amides is 1. The lowest BCUT2D eigenvalue weighted by Crippen LogP contribution is -2.39. The van der Waals surface area contributed by atoms with Crippen molar-refractivity contribution in [3.63, 3.8) is 0 Å². The summed E-state index contributed by atoms with van der Waals surface area (Å²) < 4.78 is 33.0. The Bertz CT molecular complexity index is 791. The zero-order valence-electron chi connectivity index (χ0n) is 16.8. The highest BCUT2D eigenvalue weighted by molar-refractivity contribution is 7.89. The van der Waals surface area contributed by atoms with Gasteiger partial charge < -0.3 is 10.1 Å². The number of hydrogen-bond acceptors (Lipinski definition) is 5. The lowest BCUT2D eigenvalue weighted by atomic mass is 10.0. The van der Waals surface area contributed by atoms with E-state index in [2.05, 4.69) is 17.1 Å². The molecule has 2 saturated heterocycles. The molecule has 28 heavy (non-hydrogen) atoms. The molecule has 1 amide bonds. The molecule has 1 atom stereocenters. The van der Waals surface area contributed by atoms with Crippen molar-refractivity contribution < 1.29 is 17.9 Å². The van der Waals surface area contributed by atoms with Crippen molar-refractivity contribution in [3.05, 3.63) is 18.2 Å². The van der Waals surface area contributed by atoms with Crippen LogP contribution in [0.25, 0.3) is 0 Å². The number of hydrogen-bond donors (Lipinski definition) is 1. The summed E-state index contributed by atoms with van der Waals surface area (Å²) in [5.41, 5.74) is 0.478. The fourth-order valence-corrected chi connectivity index (χ4v) is 5.73. The van der Waals surface area contributed by atoms with Crippen molar-refractivity contribution in [2.75, 3.05) is 45.2 Å². The Labute approximate surface area is 168 Å². The Morgan fingerprint density at radius 3 is 2.61 bits per heavy atom. The standard InChI is InChI=1S/C20H31N3O4S/c1-16-7-6-10-22(14-16)15-20(24)21-17-8-9-18(27-2)19(13-17)28(25,26)23-11-4-3-5-12-23/h8-9,13,16H,3-7,10-12,14-15H2,1-2H3,(H,21,24). The van der Waals surface area contributed by atoms with Crippen molar-refractivity contribution in [2.45, 2.75) is 43.9 Å². The first-order valence-electron chi connectivity index (χ1n) is 10.1. The molecule has 0 aliphatic carbocycles. The summed E-state index contributed by atoms with van der Waals surface area (Å²) in [6.45, 7) is 5.42. The smallest absolute Gasteiger partial charge is 0.246 e. The van der Waals surface area contributed by atoms with Crippen LogP contribution in [0, 0.1) is 5.92 Å². The molecule has 156 valence electrons. The molecule has 0 radical (unpaired) electrons. The van der Waals surface area contributed by atoms with Crippen molar-refractivity contribution >= 4 is 21.6 Å². The average Bonchev–Trinajstić information content (AvgIpc) is 2.68. The molecule has 2 aliphatic rings. The molecule has 0 bridgehead atoms. The normalized spacial score (nSPS) is 22.0. The van der Waals surface area contributed by atoms with E-state index in [1.807, 2.05) is 0 Å². The topological polar surface area (TPSA) is 79.0 Å². The summed E-state index contributed by atoms with van der Waals surface area (Å²) in [5.74, 6) is 0.776. The predicted molar refractivity (Wildman–Crippen MR) is 109 cm³/mol. The van der Waals surface area contributed by atoms with Gasteiger partial charge in [0.2, 0.25) is 15.9 Å². The molecule has 1 N–H and O–H groups in total. The van der Waals surface area contributed by atoms with Crippen LogP contribution in [0.3, 0.4) is 0 Å². The molecule has 0 saturated carbocycles. The second-order valence-corrected chi connectivity index (χ2v) is 9.77. The maximum Gasteiger partial charge on any atom is 0.246 e. The molecule has 0 aromatic heterocycles. The number of nitrogens with one attached hydrogen (secondary N) is 1. The highest BCUT2D eigenvalue weighted by atomic mass is 32.2. The summed E-state index contributed by atoms with van der Waals surface area (Å²) in [5, 5.41) is 2.85. The molecule has 3 rings (SSSR count). The first-order chi connectivity index (χ1) is 13.4. The van der Waals surface area contributed by atoms with Gasteiger partial charge in [0.1, 0.15) is 10.6 Å². The van der Waals surface area contributed by atoms with Crippen LogP contribution in [0.2, 0.25) is 0 Å². The molecule has 1 aromatic carbocycles. The summed E-state index contributed by atoms with van der Waals surface area (Å²) in [6.07, 6.45) is 5.09. The van der Waals surface area contributed by atoms with Crippen molar-refractivity contribution in [1.82, 2.24) is 9.21 Å². The molecule has 7 nitrogen and oxygen atoms in total. The Balaban J connectivity index is 1.74. The number of methoxy groups -OCH3 is 1. The largest absolute Gasteiger partial charge is 0.495 e. The Morgan fingerprint density at radius 1 is 1.18 bits per heavy atom. The number of nitrogens with zero attached hydrogens (tertiary/aromatic N) is 2. The van der Waals surface area contributed by atoms with Crippen molar-refractivity contribution in [2.24, 2.45) is 5.92 Å². The number of piperidine rings is 2. The van der Waals surface area contributed by atoms with Crippen molar-refractivity contribution in [3.8, 4) is 5.75 Å². The van der Waals surface area contributed by atoms with Gasteiger partial charge >= 0.3 is 0 Å². The zero-order valence-corrected chi connectivity index (χ0v) is 17.6. The maximum atomic E-state index is 13.1. The number of likely N-dealkylation sites (tertiary alicyclic amines) is 1. The summed E-state index contributed by atoms with van der Waals surface area (Å²) in [4.78, 5) is 14.7. The summed E-state index contributed by atoms with van der Waals surface area (Å²) in [7, 11) is -2.19. The lowest BCUT2D eigenvalue weighted by Gasteiger charge is -2.30. The third-order valence-electron chi connectivity index (χ3n) is 5.49. The van der Waals surface area contributed by atoms with Crippen LogP contribution in [0.4, 0.5) is 5.69 Å². The highest BCUT2D eigenvalue weighted by Gasteiger charge is 2.29. The lowest BCUT2D eigenvalue weighted by molar-refractivity contribution is -0.117. The molecule has 8 heteroatoms. The highest BCUT2D eigenvalue weighted by Crippen LogP contribution is 2.31. The van der Waals surface area contributed by atoms with E-state index in [-0.39, 0.29) is 10.8 Å². The molecular formula is C20H31N3O4S. The van der Waals surface area contributed by atoms with Crippen LogP contribution in [-0.4, -0.2) is 63.4 Å². The Morgan fingerprint density at radius 2 is 1.93 bits per heavy atom. The van der Waals surface area contributed by atoms with E-state index in [9.17, 15) is 13.2 Å². The minimum absolute atomic E-state index is 0.112. The van der Waals surface area contributed by atoms with Crippen LogP contribution >= 0.6 is 0 Å². The van der Waals surface area contributed by atoms with Gasteiger partial charge in [-0.2, -0.15) is 4.31 Å². The number of rotatable bonds is 6. The van der Waals surface area contributed by atoms with E-state index in [0.717, 1.165) is 38.8 Å². The van der Waals surface area contributed by atoms with Gasteiger partial charge in [-0.1, -0.05) is 13.3 Å². The maximum absolute atomic E-state index is 13.1. The van der Waals surface area contributed by atoms with E-state index in [1.165, 1.54) is 23.9 Å². The average molecular weight is 410 g/mol. The van der Waals surface area contributed by atoms with Gasteiger partial charge in [-0.15, -0.1) is 0 Å². The SMILES string of the molecule is COc1ccc(NC(=O)CN2CCCC(C)C2)cc1S(=O)(=O)N1CCCCC1. The second-order valence-electron chi connectivity index (χ2n) is 7.86. The second kappa shape index (κ2) is 9.24. The van der Waals surface area contributed by atoms with Gasteiger partial charge in [0.15, 0.2) is 0 Å². The zero-order chi connectivity index (χ0) is 20.1. The van der Waals surface area contributed by atoms with E-state index < -0.39 is 10.0 Å². The van der Waals surface area contributed by atoms with Gasteiger partial charge in [0, 0.05) is 25.3 Å². The van der Waals surface area contributed by atoms with Gasteiger partial charge in [-0.05, 0) is 56.3 Å². The monoisotopic (exact) mass is 409 g/mol. The Kier molecular flexibility index (Phi) is 6.95. The minimum atomic E-state index is -3.65. The molecule has 0 spiro atoms. The van der Waals surface area contributed by atoms with Crippen molar-refractivity contribution in [1.29, 1.82) is 0 Å². The number of benzene rings is 1. The number of ether oxygens (including phenoxy) is 1. The summed E-state index contributed by atoms with van der Waals surface area (Å²) in [6, 6.07) is 4.81. The predicted octanol–water partition coefficient (Wildman–Crippen LogP) is 2.54. The third kappa shape index (κ3) is 5.04. The minimum Gasteiger partial charge on any atom is -0.495 e. The van der Waals surface area contributed by atoms with E-state index in [0.29, 0.717) is 37.0 Å². The fourth-order valence-electron chi connectivity index (χ4n) is 4.03. The number of carbonyl (C=O) groups is 1. The number of carbonyl (C=O) groups excluding carboxylic acids is 1. The quantitative estimate of drug-likeness (QED) is 0.781. The number of anilines is 1. The molecule has 2 fully saturated rings. The summed E-state index contributed by atoms with van der Waals surface area (Å²) >= 11 is 0. The molecule has 1 aromatic rings. The molecule has 1 unspecified atom stereocenters. The number of sulfonamides is 1. The van der Waals surface area contributed by atoms with Gasteiger partial charge in [0.25, 0.3) is 0 Å². The van der Waals surface area contributed by atoms with Crippen LogP contribution in [-0.2, 0) is 14.8 Å². The van der Waals surface area contributed by atoms with Gasteiger partial charge in [-0.25, -0.2) is 8.42 Å². The third-order valence-corrected chi connectivity index (χ3v) is 7.41. The molecule has 2 heterocycles. The Hall–Kier alpha value is -1.64. The molecular weight excluding hydrogens is 378 g/mol. The van der Waals surface area contributed by atoms with E-state index in [1.54, 1.807) is 12.1 Å². The fraction of sp³-hybridized carbons (Fsp3) is 0.650. The van der Waals surface area contributed by atoms with E-state index >= 15 is 0 Å². The first-order valence-corrected chi connectivity index (χ1v) is 11.5. The van der Waals surface area contributed by atoms with Gasteiger partial charge in [-0.3, -0.25) is 9.69 Å². The van der Waals surface area contributed by atoms with Gasteiger partial charge in [0.05, 0.1) is 13.7 Å². The van der Waals surface area contributed by atoms with Crippen LogP contribution < -0.4 is 10.1 Å². The van der Waals surface area contributed by atoms with Crippen LogP contribution in [0.5, 0.6) is 5.75 Å². The first kappa shape index (κ1) is 21.1. The van der Waals surface area contributed by atoms with Crippen LogP contribution in [0.1, 0.15) is 39.0 Å². The van der Waals surface area contributed by atoms with E-state index in [4.69, 9.17) is 4.74 Å². The molecule has 2 aliphatic heterocycles. The van der Waals surface area contributed by atoms with Crippen LogP contribution in [0.15, 0.2) is 23.1 Å².